The largest absolute Gasteiger partial charge is 0.368 e. The van der Waals surface area contributed by atoms with Gasteiger partial charge in [-0.3, -0.25) is 4.79 Å². The van der Waals surface area contributed by atoms with Gasteiger partial charge in [0, 0.05) is 30.8 Å². The van der Waals surface area contributed by atoms with E-state index in [-0.39, 0.29) is 5.78 Å². The third-order valence-electron chi connectivity index (χ3n) is 3.49. The quantitative estimate of drug-likeness (QED) is 0.714. The molecule has 3 rings (SSSR count). The van der Waals surface area contributed by atoms with Gasteiger partial charge in [-0.1, -0.05) is 30.3 Å². The molecule has 2 aliphatic rings. The van der Waals surface area contributed by atoms with Gasteiger partial charge in [-0.15, -0.1) is 0 Å². The number of nitrogens with zero attached hydrogens (tertiary/aromatic N) is 1. The average molecular weight is 213 g/mol. The van der Waals surface area contributed by atoms with Crippen LogP contribution in [-0.4, -0.2) is 23.3 Å². The van der Waals surface area contributed by atoms with Gasteiger partial charge in [-0.25, -0.2) is 0 Å². The molecule has 0 spiro atoms. The van der Waals surface area contributed by atoms with Crippen molar-refractivity contribution in [3.63, 3.8) is 0 Å². The second kappa shape index (κ2) is 3.78. The summed E-state index contributed by atoms with van der Waals surface area (Å²) in [4.78, 5) is 14.1. The maximum Gasteiger partial charge on any atom is 0.159 e. The molecule has 2 heterocycles. The van der Waals surface area contributed by atoms with E-state index in [1.807, 2.05) is 24.3 Å². The lowest BCUT2D eigenvalue weighted by Gasteiger charge is -2.32. The second-order valence-corrected chi connectivity index (χ2v) is 4.56. The Morgan fingerprint density at radius 3 is 2.81 bits per heavy atom. The molecule has 0 N–H and O–H groups in total. The first-order valence-corrected chi connectivity index (χ1v) is 5.91. The van der Waals surface area contributed by atoms with Crippen LogP contribution in [0.15, 0.2) is 36.4 Å². The molecule has 2 nitrogen and oxygen atoms in total. The van der Waals surface area contributed by atoms with Crippen molar-refractivity contribution in [2.75, 3.05) is 6.54 Å². The predicted molar refractivity (Wildman–Crippen MR) is 63.8 cm³/mol. The van der Waals surface area contributed by atoms with Gasteiger partial charge in [0.25, 0.3) is 0 Å². The van der Waals surface area contributed by atoms with Crippen molar-refractivity contribution in [3.05, 3.63) is 42.0 Å². The van der Waals surface area contributed by atoms with E-state index in [4.69, 9.17) is 0 Å². The SMILES string of the molecule is O=C1C=C(c2ccccc2)N2CCC[C@H]2C1. The summed E-state index contributed by atoms with van der Waals surface area (Å²) in [6, 6.07) is 10.7. The molecule has 2 heteroatoms. The zero-order valence-corrected chi connectivity index (χ0v) is 9.23. The lowest BCUT2D eigenvalue weighted by Crippen LogP contribution is -2.33. The zero-order valence-electron chi connectivity index (χ0n) is 9.23. The first-order chi connectivity index (χ1) is 7.84. The zero-order chi connectivity index (χ0) is 11.0. The van der Waals surface area contributed by atoms with Gasteiger partial charge in [0.05, 0.1) is 0 Å². The minimum absolute atomic E-state index is 0.280. The Morgan fingerprint density at radius 1 is 1.19 bits per heavy atom. The van der Waals surface area contributed by atoms with Crippen molar-refractivity contribution >= 4 is 11.5 Å². The maximum absolute atomic E-state index is 11.7. The molecule has 0 unspecified atom stereocenters. The van der Waals surface area contributed by atoms with Crippen LogP contribution in [0, 0.1) is 0 Å². The Balaban J connectivity index is 2.01. The number of carbonyl (C=O) groups excluding carboxylic acids is 1. The summed E-state index contributed by atoms with van der Waals surface area (Å²) in [5.41, 5.74) is 2.29. The number of hydrogen-bond acceptors (Lipinski definition) is 2. The van der Waals surface area contributed by atoms with E-state index in [9.17, 15) is 4.79 Å². The smallest absolute Gasteiger partial charge is 0.159 e. The Kier molecular flexibility index (Phi) is 2.28. The summed E-state index contributed by atoms with van der Waals surface area (Å²) in [5, 5.41) is 0. The average Bonchev–Trinajstić information content (AvgIpc) is 2.77. The van der Waals surface area contributed by atoms with E-state index in [0.29, 0.717) is 12.5 Å². The molecule has 1 atom stereocenters. The van der Waals surface area contributed by atoms with E-state index < -0.39 is 0 Å². The van der Waals surface area contributed by atoms with Crippen LogP contribution in [0.1, 0.15) is 24.8 Å². The fourth-order valence-electron chi connectivity index (χ4n) is 2.75. The number of rotatable bonds is 1. The lowest BCUT2D eigenvalue weighted by atomic mass is 9.99. The summed E-state index contributed by atoms with van der Waals surface area (Å²) in [7, 11) is 0. The number of ketones is 1. The fraction of sp³-hybridized carbons (Fsp3) is 0.357. The van der Waals surface area contributed by atoms with Gasteiger partial charge in [-0.05, 0) is 18.4 Å². The van der Waals surface area contributed by atoms with Crippen molar-refractivity contribution in [1.29, 1.82) is 0 Å². The standard InChI is InChI=1S/C14H15NO/c16-13-9-12-7-4-8-15(12)14(10-13)11-5-2-1-3-6-11/h1-3,5-6,10,12H,4,7-9H2/t12-/m0/s1. The molecule has 1 saturated heterocycles. The van der Waals surface area contributed by atoms with Crippen LogP contribution in [0.3, 0.4) is 0 Å². The van der Waals surface area contributed by atoms with E-state index in [2.05, 4.69) is 17.0 Å². The number of benzene rings is 1. The van der Waals surface area contributed by atoms with Crippen molar-refractivity contribution in [1.82, 2.24) is 4.90 Å². The first-order valence-electron chi connectivity index (χ1n) is 5.91. The highest BCUT2D eigenvalue weighted by Gasteiger charge is 2.32. The normalized spacial score (nSPS) is 24.2. The van der Waals surface area contributed by atoms with Gasteiger partial charge in [0.15, 0.2) is 5.78 Å². The number of fused-ring (bicyclic) bond motifs is 1. The number of allylic oxidation sites excluding steroid dienone is 1. The molecule has 1 fully saturated rings. The number of hydrogen-bond donors (Lipinski definition) is 0. The molecular weight excluding hydrogens is 198 g/mol. The first kappa shape index (κ1) is 9.64. The van der Waals surface area contributed by atoms with Crippen LogP contribution in [0.25, 0.3) is 5.70 Å². The molecule has 1 aromatic carbocycles. The minimum atomic E-state index is 0.280. The van der Waals surface area contributed by atoms with Gasteiger partial charge in [0.2, 0.25) is 0 Å². The highest BCUT2D eigenvalue weighted by atomic mass is 16.1. The highest BCUT2D eigenvalue weighted by Crippen LogP contribution is 2.33. The predicted octanol–water partition coefficient (Wildman–Crippen LogP) is 2.46. The van der Waals surface area contributed by atoms with Crippen LogP contribution < -0.4 is 0 Å². The maximum atomic E-state index is 11.7. The van der Waals surface area contributed by atoms with Crippen LogP contribution in [-0.2, 0) is 4.79 Å². The third kappa shape index (κ3) is 1.54. The molecular formula is C14H15NO. The van der Waals surface area contributed by atoms with Gasteiger partial charge in [0.1, 0.15) is 0 Å². The molecule has 0 aromatic heterocycles. The Bertz CT molecular complexity index is 435. The van der Waals surface area contributed by atoms with Crippen LogP contribution in [0.2, 0.25) is 0 Å². The summed E-state index contributed by atoms with van der Waals surface area (Å²) in [6.07, 6.45) is 4.89. The molecule has 16 heavy (non-hydrogen) atoms. The van der Waals surface area contributed by atoms with E-state index in [0.717, 1.165) is 18.7 Å². The second-order valence-electron chi connectivity index (χ2n) is 4.56. The molecule has 2 aliphatic heterocycles. The molecule has 1 aromatic rings. The van der Waals surface area contributed by atoms with Gasteiger partial charge < -0.3 is 4.90 Å². The number of carbonyl (C=O) groups is 1. The van der Waals surface area contributed by atoms with Crippen molar-refractivity contribution in [3.8, 4) is 0 Å². The molecule has 0 saturated carbocycles. The minimum Gasteiger partial charge on any atom is -0.368 e. The van der Waals surface area contributed by atoms with Crippen LogP contribution in [0.4, 0.5) is 0 Å². The third-order valence-corrected chi connectivity index (χ3v) is 3.49. The van der Waals surface area contributed by atoms with Crippen molar-refractivity contribution < 1.29 is 4.79 Å². The Hall–Kier alpha value is -1.57. The fourth-order valence-corrected chi connectivity index (χ4v) is 2.75. The summed E-state index contributed by atoms with van der Waals surface area (Å²) in [5.74, 6) is 0.280. The molecule has 82 valence electrons. The molecule has 0 amide bonds. The Labute approximate surface area is 95.6 Å². The van der Waals surface area contributed by atoms with Gasteiger partial charge >= 0.3 is 0 Å². The molecule has 0 radical (unpaired) electrons. The topological polar surface area (TPSA) is 20.3 Å². The Morgan fingerprint density at radius 2 is 2.00 bits per heavy atom. The van der Waals surface area contributed by atoms with E-state index >= 15 is 0 Å². The monoisotopic (exact) mass is 213 g/mol. The summed E-state index contributed by atoms with van der Waals surface area (Å²) >= 11 is 0. The van der Waals surface area contributed by atoms with Gasteiger partial charge in [-0.2, -0.15) is 0 Å². The van der Waals surface area contributed by atoms with Crippen LogP contribution >= 0.6 is 0 Å². The lowest BCUT2D eigenvalue weighted by molar-refractivity contribution is -0.115. The summed E-state index contributed by atoms with van der Waals surface area (Å²) < 4.78 is 0. The van der Waals surface area contributed by atoms with E-state index in [1.165, 1.54) is 12.0 Å². The van der Waals surface area contributed by atoms with E-state index in [1.54, 1.807) is 0 Å². The summed E-state index contributed by atoms with van der Waals surface area (Å²) in [6.45, 7) is 1.10. The molecule has 0 bridgehead atoms. The van der Waals surface area contributed by atoms with Crippen LogP contribution in [0.5, 0.6) is 0 Å². The highest BCUT2D eigenvalue weighted by molar-refractivity contribution is 5.98. The molecule has 0 aliphatic carbocycles. The van der Waals surface area contributed by atoms with Crippen molar-refractivity contribution in [2.45, 2.75) is 25.3 Å². The van der Waals surface area contributed by atoms with Crippen molar-refractivity contribution in [2.24, 2.45) is 0 Å².